The van der Waals surface area contributed by atoms with Crippen LogP contribution in [0.25, 0.3) is 0 Å². The molecule has 0 spiro atoms. The predicted octanol–water partition coefficient (Wildman–Crippen LogP) is 2.94. The van der Waals surface area contributed by atoms with Crippen LogP contribution in [0, 0.1) is 29.1 Å². The van der Waals surface area contributed by atoms with E-state index in [9.17, 15) is 5.26 Å². The normalized spacial score (nSPS) is 39.5. The molecular formula is C15H19N3S. The maximum Gasteiger partial charge on any atom is 0.128 e. The van der Waals surface area contributed by atoms with Crippen molar-refractivity contribution in [1.29, 1.82) is 5.26 Å². The third-order valence-electron chi connectivity index (χ3n) is 5.49. The smallest absolute Gasteiger partial charge is 0.128 e. The highest BCUT2D eigenvalue weighted by Gasteiger charge is 2.53. The van der Waals surface area contributed by atoms with Gasteiger partial charge in [-0.2, -0.15) is 5.26 Å². The van der Waals surface area contributed by atoms with Gasteiger partial charge >= 0.3 is 0 Å². The van der Waals surface area contributed by atoms with Crippen molar-refractivity contribution < 1.29 is 0 Å². The molecule has 3 nitrogen and oxygen atoms in total. The first-order valence-electron chi connectivity index (χ1n) is 7.33. The van der Waals surface area contributed by atoms with Crippen molar-refractivity contribution in [1.82, 2.24) is 4.98 Å². The number of hydrogen-bond donors (Lipinski definition) is 1. The summed E-state index contributed by atoms with van der Waals surface area (Å²) in [5.74, 6) is 2.67. The second-order valence-corrected chi connectivity index (χ2v) is 7.88. The van der Waals surface area contributed by atoms with Crippen molar-refractivity contribution in [3.05, 3.63) is 15.6 Å². The zero-order chi connectivity index (χ0) is 13.0. The fourth-order valence-electron chi connectivity index (χ4n) is 5.29. The molecule has 1 heterocycles. The highest BCUT2D eigenvalue weighted by Crippen LogP contribution is 2.61. The molecule has 2 N–H and O–H groups in total. The quantitative estimate of drug-likeness (QED) is 0.901. The number of nitriles is 1. The zero-order valence-corrected chi connectivity index (χ0v) is 11.9. The van der Waals surface area contributed by atoms with E-state index in [1.807, 2.05) is 0 Å². The molecular weight excluding hydrogens is 254 g/mol. The zero-order valence-electron chi connectivity index (χ0n) is 11.1. The van der Waals surface area contributed by atoms with E-state index in [-0.39, 0.29) is 5.41 Å². The summed E-state index contributed by atoms with van der Waals surface area (Å²) in [5.41, 5.74) is 7.05. The summed E-state index contributed by atoms with van der Waals surface area (Å²) >= 11 is 1.51. The lowest BCUT2D eigenvalue weighted by atomic mass is 9.48. The number of thiazole rings is 1. The molecule has 0 unspecified atom stereocenters. The van der Waals surface area contributed by atoms with Gasteiger partial charge in [0.25, 0.3) is 0 Å². The summed E-state index contributed by atoms with van der Waals surface area (Å²) in [6.07, 6.45) is 8.07. The standard InChI is InChI=1S/C15H19N3S/c16-7-12-14(18-13(8-17)19-12)15-4-9-1-10(5-15)3-11(2-9)6-15/h9-11H,1-6,8,17H2. The van der Waals surface area contributed by atoms with Crippen LogP contribution in [0.5, 0.6) is 0 Å². The van der Waals surface area contributed by atoms with Crippen LogP contribution in [-0.2, 0) is 12.0 Å². The van der Waals surface area contributed by atoms with Gasteiger partial charge < -0.3 is 5.73 Å². The maximum atomic E-state index is 9.41. The van der Waals surface area contributed by atoms with Gasteiger partial charge in [0.15, 0.2) is 0 Å². The lowest BCUT2D eigenvalue weighted by molar-refractivity contribution is -0.00709. The van der Waals surface area contributed by atoms with Gasteiger partial charge in [-0.25, -0.2) is 4.98 Å². The van der Waals surface area contributed by atoms with Crippen LogP contribution < -0.4 is 5.73 Å². The van der Waals surface area contributed by atoms with E-state index in [0.717, 1.165) is 33.3 Å². The molecule has 1 aromatic heterocycles. The third-order valence-corrected chi connectivity index (χ3v) is 6.47. The van der Waals surface area contributed by atoms with Gasteiger partial charge in [0.2, 0.25) is 0 Å². The Morgan fingerprint density at radius 3 is 2.26 bits per heavy atom. The Balaban J connectivity index is 1.79. The van der Waals surface area contributed by atoms with E-state index >= 15 is 0 Å². The van der Waals surface area contributed by atoms with Crippen LogP contribution in [0.3, 0.4) is 0 Å². The fourth-order valence-corrected chi connectivity index (χ4v) is 6.15. The molecule has 0 radical (unpaired) electrons. The molecule has 0 atom stereocenters. The molecule has 100 valence electrons. The van der Waals surface area contributed by atoms with Crippen molar-refractivity contribution in [3.63, 3.8) is 0 Å². The number of nitrogens with zero attached hydrogens (tertiary/aromatic N) is 2. The Kier molecular flexibility index (Phi) is 2.52. The number of aromatic nitrogens is 1. The minimum atomic E-state index is 0.226. The van der Waals surface area contributed by atoms with E-state index in [2.05, 4.69) is 6.07 Å². The molecule has 1 aromatic rings. The van der Waals surface area contributed by atoms with Gasteiger partial charge in [-0.15, -0.1) is 11.3 Å². The summed E-state index contributed by atoms with van der Waals surface area (Å²) in [5, 5.41) is 10.3. The van der Waals surface area contributed by atoms with Crippen molar-refractivity contribution in [3.8, 4) is 6.07 Å². The van der Waals surface area contributed by atoms with Crippen LogP contribution in [0.4, 0.5) is 0 Å². The highest BCUT2D eigenvalue weighted by atomic mass is 32.1. The van der Waals surface area contributed by atoms with Gasteiger partial charge in [0.05, 0.1) is 5.69 Å². The lowest BCUT2D eigenvalue weighted by Gasteiger charge is -2.56. The maximum absolute atomic E-state index is 9.41. The van der Waals surface area contributed by atoms with Gasteiger partial charge in [0, 0.05) is 12.0 Å². The van der Waals surface area contributed by atoms with Gasteiger partial charge in [-0.3, -0.25) is 0 Å². The number of nitrogens with two attached hydrogens (primary N) is 1. The fraction of sp³-hybridized carbons (Fsp3) is 0.733. The first-order chi connectivity index (χ1) is 9.22. The van der Waals surface area contributed by atoms with Gasteiger partial charge in [0.1, 0.15) is 16.0 Å². The summed E-state index contributed by atoms with van der Waals surface area (Å²) in [6.45, 7) is 0.464. The van der Waals surface area contributed by atoms with E-state index in [1.165, 1.54) is 49.9 Å². The Bertz CT molecular complexity index is 519. The first kappa shape index (κ1) is 11.9. The average Bonchev–Trinajstić information content (AvgIpc) is 2.81. The minimum absolute atomic E-state index is 0.226. The largest absolute Gasteiger partial charge is 0.325 e. The van der Waals surface area contributed by atoms with Crippen LogP contribution >= 0.6 is 11.3 Å². The monoisotopic (exact) mass is 273 g/mol. The van der Waals surface area contributed by atoms with E-state index in [1.54, 1.807) is 0 Å². The van der Waals surface area contributed by atoms with Gasteiger partial charge in [-0.1, -0.05) is 0 Å². The molecule has 0 saturated heterocycles. The molecule has 4 aliphatic rings. The van der Waals surface area contributed by atoms with Crippen LogP contribution in [-0.4, -0.2) is 4.98 Å². The molecule has 4 saturated carbocycles. The molecule has 4 aliphatic carbocycles. The van der Waals surface area contributed by atoms with Gasteiger partial charge in [-0.05, 0) is 56.3 Å². The summed E-state index contributed by atoms with van der Waals surface area (Å²) in [4.78, 5) is 5.60. The minimum Gasteiger partial charge on any atom is -0.325 e. The highest BCUT2D eigenvalue weighted by molar-refractivity contribution is 7.12. The SMILES string of the molecule is N#Cc1sc(CN)nc1C12CC3CC(CC(C3)C1)C2. The van der Waals surface area contributed by atoms with Crippen LogP contribution in [0.2, 0.25) is 0 Å². The Morgan fingerprint density at radius 1 is 1.21 bits per heavy atom. The average molecular weight is 273 g/mol. The molecule has 5 rings (SSSR count). The summed E-state index contributed by atoms with van der Waals surface area (Å²) in [6, 6.07) is 2.38. The molecule has 0 aliphatic heterocycles. The van der Waals surface area contributed by atoms with E-state index in [4.69, 9.17) is 10.7 Å². The molecule has 4 fully saturated rings. The number of rotatable bonds is 2. The van der Waals surface area contributed by atoms with Crippen LogP contribution in [0.15, 0.2) is 0 Å². The topological polar surface area (TPSA) is 62.7 Å². The first-order valence-corrected chi connectivity index (χ1v) is 8.14. The molecule has 0 amide bonds. The van der Waals surface area contributed by atoms with Crippen molar-refractivity contribution >= 4 is 11.3 Å². The van der Waals surface area contributed by atoms with Crippen LogP contribution in [0.1, 0.15) is 54.1 Å². The molecule has 19 heavy (non-hydrogen) atoms. The molecule has 4 heteroatoms. The molecule has 0 aromatic carbocycles. The second kappa shape index (κ2) is 4.04. The Labute approximate surface area is 117 Å². The van der Waals surface area contributed by atoms with E-state index in [0.29, 0.717) is 6.54 Å². The Morgan fingerprint density at radius 2 is 1.79 bits per heavy atom. The van der Waals surface area contributed by atoms with Crippen molar-refractivity contribution in [2.75, 3.05) is 0 Å². The lowest BCUT2D eigenvalue weighted by Crippen LogP contribution is -2.49. The third kappa shape index (κ3) is 1.68. The Hall–Kier alpha value is -0.920. The van der Waals surface area contributed by atoms with Crippen molar-refractivity contribution in [2.24, 2.45) is 23.5 Å². The second-order valence-electron chi connectivity index (χ2n) is 6.80. The summed E-state index contributed by atoms with van der Waals surface area (Å²) < 4.78 is 0. The van der Waals surface area contributed by atoms with E-state index < -0.39 is 0 Å². The van der Waals surface area contributed by atoms with Crippen molar-refractivity contribution in [2.45, 2.75) is 50.5 Å². The molecule has 4 bridgehead atoms. The predicted molar refractivity (Wildman–Crippen MR) is 74.6 cm³/mol. The number of hydrogen-bond acceptors (Lipinski definition) is 4. The summed E-state index contributed by atoms with van der Waals surface area (Å²) in [7, 11) is 0.